The molecule has 1 N–H and O–H groups in total. The Morgan fingerprint density at radius 3 is 2.64 bits per heavy atom. The normalized spacial score (nSPS) is 18.9. The van der Waals surface area contributed by atoms with Crippen molar-refractivity contribution in [1.29, 1.82) is 0 Å². The van der Waals surface area contributed by atoms with Crippen molar-refractivity contribution in [2.24, 2.45) is 5.92 Å². The van der Waals surface area contributed by atoms with Crippen LogP contribution in [0.5, 0.6) is 11.5 Å². The Kier molecular flexibility index (Phi) is 5.17. The predicted molar refractivity (Wildman–Crippen MR) is 110 cm³/mol. The molecule has 2 fully saturated rings. The molecular weight excluding hydrogens is 376 g/mol. The molecule has 0 radical (unpaired) electrons. The van der Waals surface area contributed by atoms with Crippen molar-refractivity contribution in [2.45, 2.75) is 18.2 Å². The van der Waals surface area contributed by atoms with Crippen LogP contribution in [-0.4, -0.2) is 31.8 Å². The van der Waals surface area contributed by atoms with Crippen LogP contribution >= 0.6 is 11.8 Å². The lowest BCUT2D eigenvalue weighted by molar-refractivity contribution is -0.117. The molecule has 28 heavy (non-hydrogen) atoms. The van der Waals surface area contributed by atoms with Crippen LogP contribution in [0.1, 0.15) is 23.8 Å². The molecule has 2 aliphatic rings. The fourth-order valence-corrected chi connectivity index (χ4v) is 4.51. The third-order valence-electron chi connectivity index (χ3n) is 4.95. The maximum atomic E-state index is 12.8. The second kappa shape index (κ2) is 7.75. The Morgan fingerprint density at radius 1 is 1.14 bits per heavy atom. The van der Waals surface area contributed by atoms with Gasteiger partial charge in [-0.2, -0.15) is 0 Å². The minimum absolute atomic E-state index is 0.00937. The van der Waals surface area contributed by atoms with Crippen molar-refractivity contribution < 1.29 is 19.1 Å². The largest absolute Gasteiger partial charge is 0.497 e. The van der Waals surface area contributed by atoms with Crippen molar-refractivity contribution in [3.63, 3.8) is 0 Å². The second-order valence-corrected chi connectivity index (χ2v) is 7.88. The molecule has 6 nitrogen and oxygen atoms in total. The summed E-state index contributed by atoms with van der Waals surface area (Å²) in [5.41, 5.74) is 2.31. The number of ether oxygens (including phenoxy) is 2. The molecule has 7 heteroatoms. The second-order valence-electron chi connectivity index (χ2n) is 6.82. The van der Waals surface area contributed by atoms with E-state index in [1.54, 1.807) is 37.3 Å². The van der Waals surface area contributed by atoms with E-state index in [4.69, 9.17) is 9.47 Å². The molecule has 0 spiro atoms. The first kappa shape index (κ1) is 18.7. The van der Waals surface area contributed by atoms with E-state index in [0.29, 0.717) is 22.9 Å². The number of nitrogens with one attached hydrogen (secondary N) is 1. The Bertz CT molecular complexity index is 913. The fourth-order valence-electron chi connectivity index (χ4n) is 3.31. The molecule has 0 aromatic heterocycles. The molecule has 0 unspecified atom stereocenters. The Hall–Kier alpha value is -2.67. The van der Waals surface area contributed by atoms with Gasteiger partial charge < -0.3 is 14.8 Å². The van der Waals surface area contributed by atoms with E-state index in [-0.39, 0.29) is 23.1 Å². The van der Waals surface area contributed by atoms with Crippen LogP contribution in [0.2, 0.25) is 0 Å². The van der Waals surface area contributed by atoms with Gasteiger partial charge >= 0.3 is 0 Å². The molecule has 146 valence electrons. The minimum Gasteiger partial charge on any atom is -0.497 e. The summed E-state index contributed by atoms with van der Waals surface area (Å²) >= 11 is 1.53. The van der Waals surface area contributed by atoms with Gasteiger partial charge in [0.25, 0.3) is 0 Å². The number of rotatable bonds is 6. The summed E-state index contributed by atoms with van der Waals surface area (Å²) in [6.45, 7) is 0. The highest BCUT2D eigenvalue weighted by atomic mass is 32.2. The summed E-state index contributed by atoms with van der Waals surface area (Å²) in [5, 5.41) is 2.78. The third kappa shape index (κ3) is 3.54. The van der Waals surface area contributed by atoms with Crippen LogP contribution in [0.25, 0.3) is 0 Å². The molecule has 1 aliphatic carbocycles. The van der Waals surface area contributed by atoms with Gasteiger partial charge in [0.15, 0.2) is 0 Å². The van der Waals surface area contributed by atoms with Gasteiger partial charge in [-0.1, -0.05) is 18.2 Å². The molecule has 2 aromatic carbocycles. The van der Waals surface area contributed by atoms with Gasteiger partial charge in [0.2, 0.25) is 11.8 Å². The molecule has 1 aliphatic heterocycles. The third-order valence-corrected chi connectivity index (χ3v) is 6.14. The number of carbonyl (C=O) groups is 2. The predicted octanol–water partition coefficient (Wildman–Crippen LogP) is 3.83. The SMILES string of the molecule is COc1ccc(OC)c(N2C(=O)CS[C@H]2c2ccccc2NC(=O)C2CC2)c1. The molecule has 1 saturated heterocycles. The van der Waals surface area contributed by atoms with Crippen molar-refractivity contribution in [2.75, 3.05) is 30.2 Å². The number of para-hydroxylation sites is 1. The number of carbonyl (C=O) groups excluding carboxylic acids is 2. The summed E-state index contributed by atoms with van der Waals surface area (Å²) in [7, 11) is 3.17. The van der Waals surface area contributed by atoms with E-state index >= 15 is 0 Å². The first-order chi connectivity index (χ1) is 13.6. The van der Waals surface area contributed by atoms with Crippen molar-refractivity contribution >= 4 is 35.0 Å². The molecular formula is C21H22N2O4S. The van der Waals surface area contributed by atoms with Gasteiger partial charge in [0.05, 0.1) is 25.7 Å². The number of anilines is 2. The molecule has 4 rings (SSSR count). The zero-order chi connectivity index (χ0) is 19.7. The Morgan fingerprint density at radius 2 is 1.93 bits per heavy atom. The maximum absolute atomic E-state index is 12.8. The van der Waals surface area contributed by atoms with E-state index in [0.717, 1.165) is 24.1 Å². The average Bonchev–Trinajstić information content (AvgIpc) is 3.50. The van der Waals surface area contributed by atoms with E-state index in [2.05, 4.69) is 5.32 Å². The lowest BCUT2D eigenvalue weighted by atomic mass is 10.1. The van der Waals surface area contributed by atoms with Gasteiger partial charge in [0, 0.05) is 23.2 Å². The van der Waals surface area contributed by atoms with Gasteiger partial charge in [-0.15, -0.1) is 11.8 Å². The highest BCUT2D eigenvalue weighted by Crippen LogP contribution is 2.47. The number of methoxy groups -OCH3 is 2. The van der Waals surface area contributed by atoms with Gasteiger partial charge in [-0.3, -0.25) is 14.5 Å². The lowest BCUT2D eigenvalue weighted by Crippen LogP contribution is -2.29. The summed E-state index contributed by atoms with van der Waals surface area (Å²) in [6, 6.07) is 13.1. The number of thioether (sulfide) groups is 1. The summed E-state index contributed by atoms with van der Waals surface area (Å²) in [6.07, 6.45) is 1.88. The molecule has 1 heterocycles. The van der Waals surface area contributed by atoms with Crippen LogP contribution in [-0.2, 0) is 9.59 Å². The van der Waals surface area contributed by atoms with Gasteiger partial charge in [-0.05, 0) is 31.0 Å². The molecule has 2 aromatic rings. The summed E-state index contributed by atoms with van der Waals surface area (Å²) in [5.74, 6) is 1.75. The average molecular weight is 398 g/mol. The first-order valence-electron chi connectivity index (χ1n) is 9.18. The number of amides is 2. The Labute approximate surface area is 168 Å². The zero-order valence-corrected chi connectivity index (χ0v) is 16.6. The maximum Gasteiger partial charge on any atom is 0.238 e. The highest BCUT2D eigenvalue weighted by Gasteiger charge is 2.38. The number of hydrogen-bond donors (Lipinski definition) is 1. The topological polar surface area (TPSA) is 67.9 Å². The molecule has 2 amide bonds. The van der Waals surface area contributed by atoms with Crippen LogP contribution in [0.3, 0.4) is 0 Å². The molecule has 1 saturated carbocycles. The van der Waals surface area contributed by atoms with E-state index in [1.807, 2.05) is 24.3 Å². The van der Waals surface area contributed by atoms with Crippen molar-refractivity contribution in [1.82, 2.24) is 0 Å². The van der Waals surface area contributed by atoms with Crippen LogP contribution in [0, 0.1) is 5.92 Å². The first-order valence-corrected chi connectivity index (χ1v) is 10.2. The number of nitrogens with zero attached hydrogens (tertiary/aromatic N) is 1. The van der Waals surface area contributed by atoms with Crippen molar-refractivity contribution in [3.05, 3.63) is 48.0 Å². The summed E-state index contributed by atoms with van der Waals surface area (Å²) in [4.78, 5) is 26.8. The number of hydrogen-bond acceptors (Lipinski definition) is 5. The fraction of sp³-hybridized carbons (Fsp3) is 0.333. The number of benzene rings is 2. The zero-order valence-electron chi connectivity index (χ0n) is 15.8. The smallest absolute Gasteiger partial charge is 0.238 e. The quantitative estimate of drug-likeness (QED) is 0.801. The van der Waals surface area contributed by atoms with Crippen LogP contribution in [0.15, 0.2) is 42.5 Å². The standard InChI is InChI=1S/C21H22N2O4S/c1-26-14-9-10-18(27-2)17(11-14)23-19(24)12-28-21(23)15-5-3-4-6-16(15)22-20(25)13-7-8-13/h3-6,9-11,13,21H,7-8,12H2,1-2H3,(H,22,25)/t21-/m0/s1. The van der Waals surface area contributed by atoms with E-state index < -0.39 is 0 Å². The highest BCUT2D eigenvalue weighted by molar-refractivity contribution is 8.00. The minimum atomic E-state index is -0.260. The van der Waals surface area contributed by atoms with Crippen LogP contribution in [0.4, 0.5) is 11.4 Å². The van der Waals surface area contributed by atoms with Gasteiger partial charge in [0.1, 0.15) is 16.9 Å². The van der Waals surface area contributed by atoms with E-state index in [9.17, 15) is 9.59 Å². The molecule has 0 bridgehead atoms. The molecule has 1 atom stereocenters. The van der Waals surface area contributed by atoms with Gasteiger partial charge in [-0.25, -0.2) is 0 Å². The van der Waals surface area contributed by atoms with Crippen molar-refractivity contribution in [3.8, 4) is 11.5 Å². The van der Waals surface area contributed by atoms with Crippen LogP contribution < -0.4 is 19.7 Å². The summed E-state index contributed by atoms with van der Waals surface area (Å²) < 4.78 is 10.8. The van der Waals surface area contributed by atoms with E-state index in [1.165, 1.54) is 11.8 Å². The lowest BCUT2D eigenvalue weighted by Gasteiger charge is -2.27. The monoisotopic (exact) mass is 398 g/mol. The Balaban J connectivity index is 1.72.